The van der Waals surface area contributed by atoms with Crippen molar-refractivity contribution in [1.29, 1.82) is 0 Å². The van der Waals surface area contributed by atoms with Gasteiger partial charge in [-0.3, -0.25) is 14.8 Å². The fraction of sp³-hybridized carbons (Fsp3) is 0.182. The zero-order valence-corrected chi connectivity index (χ0v) is 9.41. The van der Waals surface area contributed by atoms with Gasteiger partial charge in [0.25, 0.3) is 5.69 Å². The first kappa shape index (κ1) is 12.2. The third kappa shape index (κ3) is 2.69. The molecule has 2 rings (SSSR count). The summed E-state index contributed by atoms with van der Waals surface area (Å²) in [5, 5.41) is 14.6. The molecule has 0 bridgehead atoms. The number of nitro groups is 1. The Morgan fingerprint density at radius 2 is 2.17 bits per heavy atom. The van der Waals surface area contributed by atoms with Gasteiger partial charge >= 0.3 is 0 Å². The van der Waals surface area contributed by atoms with Crippen LogP contribution in [0.25, 0.3) is 0 Å². The fourth-order valence-electron chi connectivity index (χ4n) is 1.62. The highest BCUT2D eigenvalue weighted by atomic mass is 19.1. The van der Waals surface area contributed by atoms with Crippen molar-refractivity contribution in [1.82, 2.24) is 9.78 Å². The van der Waals surface area contributed by atoms with Gasteiger partial charge in [-0.15, -0.1) is 0 Å². The smallest absolute Gasteiger partial charge is 0.272 e. The lowest BCUT2D eigenvalue weighted by Gasteiger charge is -2.02. The van der Waals surface area contributed by atoms with Crippen molar-refractivity contribution < 1.29 is 9.31 Å². The summed E-state index contributed by atoms with van der Waals surface area (Å²) in [4.78, 5) is 9.98. The predicted octanol–water partition coefficient (Wildman–Crippen LogP) is 1.44. The molecule has 0 atom stereocenters. The summed E-state index contributed by atoms with van der Waals surface area (Å²) in [6.07, 6.45) is 3.32. The summed E-state index contributed by atoms with van der Waals surface area (Å²) >= 11 is 0. The molecule has 94 valence electrons. The van der Waals surface area contributed by atoms with Crippen LogP contribution in [-0.2, 0) is 13.1 Å². The maximum atomic E-state index is 13.2. The lowest BCUT2D eigenvalue weighted by Crippen LogP contribution is -2.02. The van der Waals surface area contributed by atoms with Crippen molar-refractivity contribution in [3.05, 3.63) is 57.7 Å². The highest BCUT2D eigenvalue weighted by molar-refractivity contribution is 5.35. The molecule has 0 radical (unpaired) electrons. The van der Waals surface area contributed by atoms with Gasteiger partial charge in [0, 0.05) is 24.4 Å². The third-order valence-electron chi connectivity index (χ3n) is 2.42. The Labute approximate surface area is 102 Å². The van der Waals surface area contributed by atoms with Crippen LogP contribution in [0, 0.1) is 15.9 Å². The SMILES string of the molecule is NCc1cnn(Cc2cc(F)cc([N+](=O)[O-])c2)c1. The monoisotopic (exact) mass is 250 g/mol. The van der Waals surface area contributed by atoms with Crippen LogP contribution < -0.4 is 5.73 Å². The van der Waals surface area contributed by atoms with E-state index in [-0.39, 0.29) is 12.2 Å². The lowest BCUT2D eigenvalue weighted by molar-refractivity contribution is -0.385. The van der Waals surface area contributed by atoms with Gasteiger partial charge < -0.3 is 5.73 Å². The molecule has 6 nitrogen and oxygen atoms in total. The molecule has 1 aromatic carbocycles. The zero-order chi connectivity index (χ0) is 13.1. The van der Waals surface area contributed by atoms with Crippen molar-refractivity contribution >= 4 is 5.69 Å². The Balaban J connectivity index is 2.25. The molecule has 0 saturated heterocycles. The molecular weight excluding hydrogens is 239 g/mol. The van der Waals surface area contributed by atoms with E-state index in [0.717, 1.165) is 11.6 Å². The number of nitrogens with two attached hydrogens (primary N) is 1. The van der Waals surface area contributed by atoms with Crippen LogP contribution in [0.1, 0.15) is 11.1 Å². The Kier molecular flexibility index (Phi) is 3.33. The van der Waals surface area contributed by atoms with E-state index in [1.165, 1.54) is 12.1 Å². The second kappa shape index (κ2) is 4.92. The van der Waals surface area contributed by atoms with Gasteiger partial charge in [0.1, 0.15) is 5.82 Å². The minimum Gasteiger partial charge on any atom is -0.326 e. The first-order chi connectivity index (χ1) is 8.58. The predicted molar refractivity (Wildman–Crippen MR) is 62.3 cm³/mol. The van der Waals surface area contributed by atoms with E-state index >= 15 is 0 Å². The van der Waals surface area contributed by atoms with E-state index in [0.29, 0.717) is 12.1 Å². The minimum atomic E-state index is -0.634. The van der Waals surface area contributed by atoms with Crippen molar-refractivity contribution in [2.24, 2.45) is 5.73 Å². The maximum absolute atomic E-state index is 13.2. The molecule has 1 aromatic heterocycles. The van der Waals surface area contributed by atoms with Crippen molar-refractivity contribution in [3.8, 4) is 0 Å². The molecule has 0 saturated carbocycles. The van der Waals surface area contributed by atoms with Crippen LogP contribution in [0.4, 0.5) is 10.1 Å². The van der Waals surface area contributed by atoms with Crippen LogP contribution in [0.2, 0.25) is 0 Å². The number of hydrogen-bond donors (Lipinski definition) is 1. The maximum Gasteiger partial charge on any atom is 0.272 e. The summed E-state index contributed by atoms with van der Waals surface area (Å²) in [6.45, 7) is 0.627. The first-order valence-electron chi connectivity index (χ1n) is 5.24. The highest BCUT2D eigenvalue weighted by Gasteiger charge is 2.10. The largest absolute Gasteiger partial charge is 0.326 e. The third-order valence-corrected chi connectivity index (χ3v) is 2.42. The van der Waals surface area contributed by atoms with E-state index in [4.69, 9.17) is 5.73 Å². The van der Waals surface area contributed by atoms with Crippen molar-refractivity contribution in [2.45, 2.75) is 13.1 Å². The number of rotatable bonds is 4. The van der Waals surface area contributed by atoms with Gasteiger partial charge in [0.05, 0.1) is 23.7 Å². The molecule has 0 aliphatic rings. The molecule has 2 N–H and O–H groups in total. The molecular formula is C11H11FN4O2. The number of nitrogens with zero attached hydrogens (tertiary/aromatic N) is 3. The summed E-state index contributed by atoms with van der Waals surface area (Å²) in [6, 6.07) is 3.46. The van der Waals surface area contributed by atoms with E-state index in [1.54, 1.807) is 17.1 Å². The number of aromatic nitrogens is 2. The summed E-state index contributed by atoms with van der Waals surface area (Å²) in [5.74, 6) is -0.634. The molecule has 2 aromatic rings. The molecule has 0 aliphatic heterocycles. The Morgan fingerprint density at radius 3 is 2.78 bits per heavy atom. The summed E-state index contributed by atoms with van der Waals surface area (Å²) in [7, 11) is 0. The van der Waals surface area contributed by atoms with Crippen LogP contribution >= 0.6 is 0 Å². The standard InChI is InChI=1S/C11H11FN4O2/c12-10-1-8(2-11(3-10)16(17)18)6-15-7-9(4-13)5-14-15/h1-3,5,7H,4,6,13H2. The Hall–Kier alpha value is -2.28. The second-order valence-corrected chi connectivity index (χ2v) is 3.83. The zero-order valence-electron chi connectivity index (χ0n) is 9.41. The molecule has 0 amide bonds. The van der Waals surface area contributed by atoms with E-state index in [2.05, 4.69) is 5.10 Å². The average molecular weight is 250 g/mol. The molecule has 0 fully saturated rings. The molecule has 0 spiro atoms. The van der Waals surface area contributed by atoms with Crippen molar-refractivity contribution in [3.63, 3.8) is 0 Å². The van der Waals surface area contributed by atoms with E-state index < -0.39 is 10.7 Å². The number of nitro benzene ring substituents is 1. The number of non-ortho nitro benzene ring substituents is 1. The highest BCUT2D eigenvalue weighted by Crippen LogP contribution is 2.17. The molecule has 0 aliphatic carbocycles. The summed E-state index contributed by atoms with van der Waals surface area (Å²) in [5.41, 5.74) is 6.50. The number of halogens is 1. The minimum absolute atomic E-state index is 0.262. The van der Waals surface area contributed by atoms with Gasteiger partial charge in [-0.05, 0) is 11.6 Å². The number of benzene rings is 1. The fourth-order valence-corrected chi connectivity index (χ4v) is 1.62. The van der Waals surface area contributed by atoms with Crippen LogP contribution in [0.5, 0.6) is 0 Å². The molecule has 1 heterocycles. The van der Waals surface area contributed by atoms with Crippen LogP contribution in [0.3, 0.4) is 0 Å². The van der Waals surface area contributed by atoms with Gasteiger partial charge in [-0.2, -0.15) is 5.10 Å². The van der Waals surface area contributed by atoms with Gasteiger partial charge in [-0.1, -0.05) is 0 Å². The van der Waals surface area contributed by atoms with Gasteiger partial charge in [-0.25, -0.2) is 4.39 Å². The van der Waals surface area contributed by atoms with E-state index in [9.17, 15) is 14.5 Å². The normalized spacial score (nSPS) is 10.6. The second-order valence-electron chi connectivity index (χ2n) is 3.83. The van der Waals surface area contributed by atoms with Gasteiger partial charge in [0.15, 0.2) is 0 Å². The average Bonchev–Trinajstić information content (AvgIpc) is 2.76. The number of hydrogen-bond acceptors (Lipinski definition) is 4. The quantitative estimate of drug-likeness (QED) is 0.657. The lowest BCUT2D eigenvalue weighted by atomic mass is 10.2. The van der Waals surface area contributed by atoms with E-state index in [1.807, 2.05) is 0 Å². The van der Waals surface area contributed by atoms with Gasteiger partial charge in [0.2, 0.25) is 0 Å². The topological polar surface area (TPSA) is 87.0 Å². The first-order valence-corrected chi connectivity index (χ1v) is 5.24. The van der Waals surface area contributed by atoms with Crippen molar-refractivity contribution in [2.75, 3.05) is 0 Å². The Morgan fingerprint density at radius 1 is 1.39 bits per heavy atom. The molecule has 0 unspecified atom stereocenters. The molecule has 18 heavy (non-hydrogen) atoms. The summed E-state index contributed by atoms with van der Waals surface area (Å²) < 4.78 is 14.8. The Bertz CT molecular complexity index is 582. The van der Waals surface area contributed by atoms with Crippen LogP contribution in [-0.4, -0.2) is 14.7 Å². The van der Waals surface area contributed by atoms with Crippen LogP contribution in [0.15, 0.2) is 30.6 Å². The molecule has 7 heteroatoms.